The predicted molar refractivity (Wildman–Crippen MR) is 162 cm³/mol. The van der Waals surface area contributed by atoms with E-state index in [9.17, 15) is 9.59 Å². The second-order valence-corrected chi connectivity index (χ2v) is 16.3. The molecule has 40 heavy (non-hydrogen) atoms. The van der Waals surface area contributed by atoms with Crippen molar-refractivity contribution in [3.8, 4) is 5.75 Å². The van der Waals surface area contributed by atoms with Crippen LogP contribution in [0.2, 0.25) is 23.2 Å². The van der Waals surface area contributed by atoms with Crippen molar-refractivity contribution in [2.24, 2.45) is 5.92 Å². The number of carbonyl (C=O) groups is 2. The molecule has 1 heterocycles. The van der Waals surface area contributed by atoms with E-state index in [0.29, 0.717) is 17.2 Å². The zero-order valence-corrected chi connectivity index (χ0v) is 26.5. The number of nitrogens with zero attached hydrogens (tertiary/aromatic N) is 2. The van der Waals surface area contributed by atoms with E-state index in [0.717, 1.165) is 11.3 Å². The summed E-state index contributed by atoms with van der Waals surface area (Å²) in [7, 11) is 0.724. The first-order valence-corrected chi connectivity index (χ1v) is 16.5. The normalized spacial score (nSPS) is 14.6. The molecule has 218 valence electrons. The minimum absolute atomic E-state index is 0.0266. The Balaban J connectivity index is 2.14. The summed E-state index contributed by atoms with van der Waals surface area (Å²) in [5.41, 5.74) is 1.53. The average Bonchev–Trinajstić information content (AvgIpc) is 2.90. The van der Waals surface area contributed by atoms with Gasteiger partial charge >= 0.3 is 5.97 Å². The molecule has 0 saturated heterocycles. The SMILES string of the molecule is COC(=O)[C@@H](Cc1ccc(OC)c(Cl)c1)NC(=O)/C=C/C[C@H](O[Si](C)(C)C(C)(C)C)[C@H](C)/C=C/c1cnccn1. The number of carbonyl (C=O) groups excluding carboxylic acids is 2. The summed E-state index contributed by atoms with van der Waals surface area (Å²) in [4.78, 5) is 33.7. The molecule has 0 aliphatic rings. The van der Waals surface area contributed by atoms with E-state index >= 15 is 0 Å². The molecule has 0 unspecified atom stereocenters. The highest BCUT2D eigenvalue weighted by atomic mass is 35.5. The third-order valence-electron chi connectivity index (χ3n) is 7.09. The molecule has 3 atom stereocenters. The van der Waals surface area contributed by atoms with Gasteiger partial charge in [-0.1, -0.05) is 57.5 Å². The van der Waals surface area contributed by atoms with E-state index in [1.165, 1.54) is 20.3 Å². The van der Waals surface area contributed by atoms with E-state index in [-0.39, 0.29) is 23.5 Å². The van der Waals surface area contributed by atoms with Crippen LogP contribution in [0.25, 0.3) is 6.08 Å². The highest BCUT2D eigenvalue weighted by molar-refractivity contribution is 6.74. The summed E-state index contributed by atoms with van der Waals surface area (Å²) in [6.07, 6.45) is 12.8. The Kier molecular flexibility index (Phi) is 12.5. The highest BCUT2D eigenvalue weighted by Crippen LogP contribution is 2.38. The Morgan fingerprint density at radius 1 is 1.18 bits per heavy atom. The number of hydrogen-bond donors (Lipinski definition) is 1. The quantitative estimate of drug-likeness (QED) is 0.174. The van der Waals surface area contributed by atoms with Gasteiger partial charge in [-0.15, -0.1) is 0 Å². The second-order valence-electron chi connectivity index (χ2n) is 11.2. The van der Waals surface area contributed by atoms with Gasteiger partial charge in [0.25, 0.3) is 0 Å². The molecule has 1 amide bonds. The Morgan fingerprint density at radius 2 is 1.90 bits per heavy atom. The molecule has 0 saturated carbocycles. The Morgan fingerprint density at radius 3 is 2.48 bits per heavy atom. The summed E-state index contributed by atoms with van der Waals surface area (Å²) in [5, 5.41) is 3.20. The molecule has 1 aromatic heterocycles. The van der Waals surface area contributed by atoms with Crippen molar-refractivity contribution in [2.75, 3.05) is 14.2 Å². The third-order valence-corrected chi connectivity index (χ3v) is 11.9. The fraction of sp³-hybridized carbons (Fsp3) is 0.467. The van der Waals surface area contributed by atoms with Gasteiger partial charge in [0.2, 0.25) is 5.91 Å². The first kappa shape index (κ1) is 33.2. The lowest BCUT2D eigenvalue weighted by Gasteiger charge is -2.40. The van der Waals surface area contributed by atoms with Crippen LogP contribution < -0.4 is 10.1 Å². The van der Waals surface area contributed by atoms with Crippen molar-refractivity contribution in [3.63, 3.8) is 0 Å². The van der Waals surface area contributed by atoms with Gasteiger partial charge in [-0.25, -0.2) is 4.79 Å². The summed E-state index contributed by atoms with van der Waals surface area (Å²) in [6, 6.07) is 4.34. The molecule has 10 heteroatoms. The molecule has 2 rings (SSSR count). The number of nitrogens with one attached hydrogen (secondary N) is 1. The summed E-state index contributed by atoms with van der Waals surface area (Å²) >= 11 is 6.23. The van der Waals surface area contributed by atoms with E-state index in [1.807, 2.05) is 6.08 Å². The van der Waals surface area contributed by atoms with Crippen LogP contribution in [0, 0.1) is 5.92 Å². The predicted octanol–water partition coefficient (Wildman–Crippen LogP) is 6.03. The lowest BCUT2D eigenvalue weighted by atomic mass is 10.0. The molecule has 1 N–H and O–H groups in total. The molecule has 0 aliphatic carbocycles. The number of halogens is 1. The van der Waals surface area contributed by atoms with Crippen LogP contribution >= 0.6 is 11.6 Å². The van der Waals surface area contributed by atoms with E-state index in [4.69, 9.17) is 25.5 Å². The van der Waals surface area contributed by atoms with Gasteiger partial charge in [0.15, 0.2) is 8.32 Å². The summed E-state index contributed by atoms with van der Waals surface area (Å²) in [6.45, 7) is 13.1. The number of ether oxygens (including phenoxy) is 2. The van der Waals surface area contributed by atoms with E-state index in [1.54, 1.807) is 42.9 Å². The fourth-order valence-corrected chi connectivity index (χ4v) is 5.34. The zero-order valence-electron chi connectivity index (χ0n) is 24.7. The molecule has 0 spiro atoms. The van der Waals surface area contributed by atoms with Gasteiger partial charge in [-0.05, 0) is 60.3 Å². The van der Waals surface area contributed by atoms with Gasteiger partial charge in [0.1, 0.15) is 11.8 Å². The van der Waals surface area contributed by atoms with Crippen molar-refractivity contribution in [1.82, 2.24) is 15.3 Å². The molecule has 1 aromatic carbocycles. The number of rotatable bonds is 13. The largest absolute Gasteiger partial charge is 0.495 e. The summed E-state index contributed by atoms with van der Waals surface area (Å²) < 4.78 is 16.9. The molecular formula is C30H42ClN3O5Si. The Labute approximate surface area is 244 Å². The highest BCUT2D eigenvalue weighted by Gasteiger charge is 2.39. The van der Waals surface area contributed by atoms with Crippen LogP contribution in [-0.2, 0) is 25.2 Å². The topological polar surface area (TPSA) is 99.6 Å². The molecular weight excluding hydrogens is 546 g/mol. The number of hydrogen-bond acceptors (Lipinski definition) is 7. The van der Waals surface area contributed by atoms with E-state index < -0.39 is 26.2 Å². The number of aromatic nitrogens is 2. The monoisotopic (exact) mass is 587 g/mol. The Hall–Kier alpha value is -3.01. The zero-order chi connectivity index (χ0) is 29.9. The van der Waals surface area contributed by atoms with Crippen molar-refractivity contribution in [2.45, 2.75) is 70.8 Å². The maximum absolute atomic E-state index is 12.8. The average molecular weight is 588 g/mol. The molecule has 0 aliphatic heterocycles. The van der Waals surface area contributed by atoms with Gasteiger partial charge in [0.05, 0.1) is 37.2 Å². The van der Waals surface area contributed by atoms with Crippen molar-refractivity contribution in [1.29, 1.82) is 0 Å². The van der Waals surface area contributed by atoms with Crippen molar-refractivity contribution in [3.05, 3.63) is 71.3 Å². The number of benzene rings is 1. The molecule has 0 bridgehead atoms. The minimum Gasteiger partial charge on any atom is -0.495 e. The van der Waals surface area contributed by atoms with Crippen LogP contribution in [0.3, 0.4) is 0 Å². The lowest BCUT2D eigenvalue weighted by Crippen LogP contribution is -2.45. The third kappa shape index (κ3) is 10.2. The Bertz CT molecular complexity index is 1180. The van der Waals surface area contributed by atoms with Crippen LogP contribution in [0.15, 0.2) is 55.0 Å². The standard InChI is InChI=1S/C30H42ClN3O5Si/c1-21(12-14-23-20-32-16-17-33-23)26(39-40(7,8)30(2,3)4)10-9-11-28(35)34-25(29(36)38-6)19-22-13-15-27(37-5)24(31)18-22/h9,11-18,20-21,25-26H,10,19H2,1-8H3,(H,34,35)/b11-9+,14-12+/t21-,25-,26+/m1/s1. The van der Waals surface area contributed by atoms with Crippen molar-refractivity contribution >= 4 is 37.9 Å². The van der Waals surface area contributed by atoms with Gasteiger partial charge < -0.3 is 19.2 Å². The maximum Gasteiger partial charge on any atom is 0.328 e. The van der Waals surface area contributed by atoms with Gasteiger partial charge in [-0.2, -0.15) is 0 Å². The van der Waals surface area contributed by atoms with Crippen LogP contribution in [-0.4, -0.2) is 56.5 Å². The number of esters is 1. The molecule has 2 aromatic rings. The van der Waals surface area contributed by atoms with Crippen LogP contribution in [0.1, 0.15) is 45.4 Å². The second kappa shape index (κ2) is 15.1. The first-order chi connectivity index (χ1) is 18.8. The fourth-order valence-electron chi connectivity index (χ4n) is 3.63. The molecule has 0 fully saturated rings. The molecule has 8 nitrogen and oxygen atoms in total. The van der Waals surface area contributed by atoms with Crippen LogP contribution in [0.4, 0.5) is 0 Å². The van der Waals surface area contributed by atoms with Gasteiger partial charge in [-0.3, -0.25) is 14.8 Å². The minimum atomic E-state index is -2.09. The van der Waals surface area contributed by atoms with Gasteiger partial charge in [0, 0.05) is 18.8 Å². The molecule has 0 radical (unpaired) electrons. The van der Waals surface area contributed by atoms with E-state index in [2.05, 4.69) is 62.1 Å². The number of amides is 1. The van der Waals surface area contributed by atoms with Crippen molar-refractivity contribution < 1.29 is 23.5 Å². The maximum atomic E-state index is 12.8. The van der Waals surface area contributed by atoms with Crippen LogP contribution in [0.5, 0.6) is 5.75 Å². The smallest absolute Gasteiger partial charge is 0.328 e. The first-order valence-electron chi connectivity index (χ1n) is 13.3. The number of methoxy groups -OCH3 is 2. The summed E-state index contributed by atoms with van der Waals surface area (Å²) in [5.74, 6) is -0.367. The lowest BCUT2D eigenvalue weighted by molar-refractivity contribution is -0.144.